The molecule has 1 aromatic rings. The van der Waals surface area contributed by atoms with E-state index < -0.39 is 0 Å². The minimum absolute atomic E-state index is 0.393. The second kappa shape index (κ2) is 10.9. The largest absolute Gasteiger partial charge is 0.495 e. The minimum Gasteiger partial charge on any atom is -0.495 e. The van der Waals surface area contributed by atoms with Crippen LogP contribution in [0.5, 0.6) is 5.75 Å². The lowest BCUT2D eigenvalue weighted by atomic mass is 10.2. The van der Waals surface area contributed by atoms with E-state index in [0.29, 0.717) is 6.04 Å². The first-order chi connectivity index (χ1) is 12.7. The first-order valence-corrected chi connectivity index (χ1v) is 9.71. The van der Waals surface area contributed by atoms with Gasteiger partial charge in [0.2, 0.25) is 0 Å². The smallest absolute Gasteiger partial charge is 0.191 e. The Bertz CT molecular complexity index is 563. The van der Waals surface area contributed by atoms with E-state index >= 15 is 0 Å². The van der Waals surface area contributed by atoms with Crippen molar-refractivity contribution < 1.29 is 4.74 Å². The molecular weight excluding hydrogens is 326 g/mol. The molecular formula is C20H35N5O. The molecule has 2 rings (SSSR count). The van der Waals surface area contributed by atoms with Crippen LogP contribution in [0.3, 0.4) is 0 Å². The van der Waals surface area contributed by atoms with E-state index in [-0.39, 0.29) is 0 Å². The van der Waals surface area contributed by atoms with E-state index in [1.807, 2.05) is 19.2 Å². The summed E-state index contributed by atoms with van der Waals surface area (Å²) in [7, 11) is 5.74. The zero-order valence-corrected chi connectivity index (χ0v) is 16.8. The Morgan fingerprint density at radius 3 is 2.88 bits per heavy atom. The summed E-state index contributed by atoms with van der Waals surface area (Å²) < 4.78 is 5.50. The first-order valence-electron chi connectivity index (χ1n) is 9.71. The number of para-hydroxylation sites is 2. The van der Waals surface area contributed by atoms with E-state index in [9.17, 15) is 0 Å². The minimum atomic E-state index is 0.393. The average Bonchev–Trinajstić information content (AvgIpc) is 3.13. The third kappa shape index (κ3) is 6.09. The number of hydrogen-bond donors (Lipinski definition) is 2. The fourth-order valence-corrected chi connectivity index (χ4v) is 3.28. The highest BCUT2D eigenvalue weighted by Gasteiger charge is 2.25. The fraction of sp³-hybridized carbons (Fsp3) is 0.650. The van der Waals surface area contributed by atoms with E-state index in [4.69, 9.17) is 4.74 Å². The van der Waals surface area contributed by atoms with Gasteiger partial charge in [-0.05, 0) is 38.6 Å². The van der Waals surface area contributed by atoms with Gasteiger partial charge in [0.15, 0.2) is 5.96 Å². The molecule has 1 heterocycles. The number of unbranched alkanes of at least 4 members (excludes halogenated alkanes) is 1. The summed E-state index contributed by atoms with van der Waals surface area (Å²) >= 11 is 0. The number of ether oxygens (including phenoxy) is 1. The predicted octanol–water partition coefficient (Wildman–Crippen LogP) is 2.17. The summed E-state index contributed by atoms with van der Waals surface area (Å²) in [6.45, 7) is 7.29. The molecule has 0 bridgehead atoms. The Morgan fingerprint density at radius 2 is 2.15 bits per heavy atom. The van der Waals surface area contributed by atoms with Crippen LogP contribution in [0.2, 0.25) is 0 Å². The summed E-state index contributed by atoms with van der Waals surface area (Å²) in [5.41, 5.74) is 1.17. The maximum Gasteiger partial charge on any atom is 0.191 e. The molecule has 1 unspecified atom stereocenters. The highest BCUT2D eigenvalue weighted by atomic mass is 16.5. The SMILES string of the molecule is CCCCN(C)CCNC(=NC)NC1CCN(c2ccccc2OC)C1. The van der Waals surface area contributed by atoms with Crippen LogP contribution in [0, 0.1) is 0 Å². The number of benzene rings is 1. The number of methoxy groups -OCH3 is 1. The van der Waals surface area contributed by atoms with Gasteiger partial charge in [0.1, 0.15) is 5.75 Å². The monoisotopic (exact) mass is 361 g/mol. The number of aliphatic imine (C=N–C) groups is 1. The molecule has 0 aliphatic carbocycles. The average molecular weight is 362 g/mol. The maximum absolute atomic E-state index is 5.50. The van der Waals surface area contributed by atoms with Crippen LogP contribution in [-0.4, -0.2) is 70.8 Å². The Hall–Kier alpha value is -1.95. The van der Waals surface area contributed by atoms with Crippen LogP contribution in [-0.2, 0) is 0 Å². The van der Waals surface area contributed by atoms with Gasteiger partial charge in [0.25, 0.3) is 0 Å². The molecule has 0 saturated carbocycles. The number of anilines is 1. The van der Waals surface area contributed by atoms with Crippen LogP contribution in [0.25, 0.3) is 0 Å². The first kappa shape index (κ1) is 20.4. The number of guanidine groups is 1. The van der Waals surface area contributed by atoms with Gasteiger partial charge >= 0.3 is 0 Å². The standard InChI is InChI=1S/C20H35N5O/c1-5-6-13-24(3)15-12-22-20(21-2)23-17-11-14-25(16-17)18-9-7-8-10-19(18)26-4/h7-10,17H,5-6,11-16H2,1-4H3,(H2,21,22,23). The van der Waals surface area contributed by atoms with Gasteiger partial charge in [-0.2, -0.15) is 0 Å². The van der Waals surface area contributed by atoms with Gasteiger partial charge in [-0.1, -0.05) is 25.5 Å². The van der Waals surface area contributed by atoms with E-state index in [0.717, 1.165) is 50.9 Å². The van der Waals surface area contributed by atoms with Crippen molar-refractivity contribution in [3.63, 3.8) is 0 Å². The van der Waals surface area contributed by atoms with Crippen molar-refractivity contribution in [2.24, 2.45) is 4.99 Å². The van der Waals surface area contributed by atoms with E-state index in [2.05, 4.69) is 51.5 Å². The molecule has 1 atom stereocenters. The summed E-state index contributed by atoms with van der Waals surface area (Å²) in [5.74, 6) is 1.83. The molecule has 0 amide bonds. The summed E-state index contributed by atoms with van der Waals surface area (Å²) in [4.78, 5) is 9.12. The number of hydrogen-bond acceptors (Lipinski definition) is 4. The lowest BCUT2D eigenvalue weighted by Crippen LogP contribution is -2.46. The van der Waals surface area contributed by atoms with Crippen molar-refractivity contribution in [1.29, 1.82) is 0 Å². The Balaban J connectivity index is 1.77. The molecule has 1 aliphatic rings. The molecule has 6 nitrogen and oxygen atoms in total. The van der Waals surface area contributed by atoms with Crippen LogP contribution in [0.15, 0.2) is 29.3 Å². The molecule has 26 heavy (non-hydrogen) atoms. The number of nitrogens with zero attached hydrogens (tertiary/aromatic N) is 3. The van der Waals surface area contributed by atoms with Crippen LogP contribution < -0.4 is 20.3 Å². The van der Waals surface area contributed by atoms with Gasteiger partial charge in [-0.3, -0.25) is 4.99 Å². The van der Waals surface area contributed by atoms with Crippen molar-refractivity contribution in [3.05, 3.63) is 24.3 Å². The van der Waals surface area contributed by atoms with Gasteiger partial charge in [-0.25, -0.2) is 0 Å². The lowest BCUT2D eigenvalue weighted by Gasteiger charge is -2.22. The van der Waals surface area contributed by atoms with Crippen LogP contribution in [0.4, 0.5) is 5.69 Å². The Morgan fingerprint density at radius 1 is 1.35 bits per heavy atom. The third-order valence-corrected chi connectivity index (χ3v) is 4.86. The zero-order valence-electron chi connectivity index (χ0n) is 16.8. The van der Waals surface area contributed by atoms with Crippen LogP contribution >= 0.6 is 0 Å². The van der Waals surface area contributed by atoms with E-state index in [1.165, 1.54) is 18.5 Å². The topological polar surface area (TPSA) is 52.1 Å². The predicted molar refractivity (Wildman–Crippen MR) is 111 cm³/mol. The second-order valence-electron chi connectivity index (χ2n) is 6.90. The van der Waals surface area contributed by atoms with Crippen molar-refractivity contribution in [2.45, 2.75) is 32.2 Å². The van der Waals surface area contributed by atoms with Crippen molar-refractivity contribution in [3.8, 4) is 5.75 Å². The summed E-state index contributed by atoms with van der Waals surface area (Å²) in [5, 5.41) is 6.99. The van der Waals surface area contributed by atoms with Gasteiger partial charge in [0.05, 0.1) is 12.8 Å². The highest BCUT2D eigenvalue weighted by Crippen LogP contribution is 2.30. The lowest BCUT2D eigenvalue weighted by molar-refractivity contribution is 0.332. The normalized spacial score (nSPS) is 17.7. The van der Waals surface area contributed by atoms with Crippen molar-refractivity contribution in [2.75, 3.05) is 58.8 Å². The molecule has 0 spiro atoms. The molecule has 1 saturated heterocycles. The highest BCUT2D eigenvalue weighted by molar-refractivity contribution is 5.80. The summed E-state index contributed by atoms with van der Waals surface area (Å²) in [6.07, 6.45) is 3.59. The molecule has 1 fully saturated rings. The number of rotatable bonds is 9. The van der Waals surface area contributed by atoms with Crippen molar-refractivity contribution >= 4 is 11.6 Å². The molecule has 2 N–H and O–H groups in total. The van der Waals surface area contributed by atoms with Gasteiger partial charge < -0.3 is 25.2 Å². The molecule has 1 aromatic carbocycles. The van der Waals surface area contributed by atoms with Crippen LogP contribution in [0.1, 0.15) is 26.2 Å². The zero-order chi connectivity index (χ0) is 18.8. The fourth-order valence-electron chi connectivity index (χ4n) is 3.28. The Kier molecular flexibility index (Phi) is 8.54. The molecule has 0 aromatic heterocycles. The van der Waals surface area contributed by atoms with Gasteiger partial charge in [-0.15, -0.1) is 0 Å². The quantitative estimate of drug-likeness (QED) is 0.521. The Labute approximate surface area is 158 Å². The number of nitrogens with one attached hydrogen (secondary N) is 2. The number of likely N-dealkylation sites (N-methyl/N-ethyl adjacent to an activating group) is 1. The van der Waals surface area contributed by atoms with Gasteiger partial charge in [0, 0.05) is 39.3 Å². The van der Waals surface area contributed by atoms with E-state index in [1.54, 1.807) is 7.11 Å². The maximum atomic E-state index is 5.50. The molecule has 1 aliphatic heterocycles. The summed E-state index contributed by atoms with van der Waals surface area (Å²) in [6, 6.07) is 8.61. The molecule has 6 heteroatoms. The molecule has 146 valence electrons. The third-order valence-electron chi connectivity index (χ3n) is 4.86. The second-order valence-corrected chi connectivity index (χ2v) is 6.90. The van der Waals surface area contributed by atoms with Crippen molar-refractivity contribution in [1.82, 2.24) is 15.5 Å². The molecule has 0 radical (unpaired) electrons.